The lowest BCUT2D eigenvalue weighted by Gasteiger charge is -2.12. The van der Waals surface area contributed by atoms with Crippen LogP contribution >= 0.6 is 27.5 Å². The van der Waals surface area contributed by atoms with Crippen LogP contribution in [-0.4, -0.2) is 12.1 Å². The highest BCUT2D eigenvalue weighted by molar-refractivity contribution is 9.10. The topological polar surface area (TPSA) is 34.1 Å². The number of aromatic nitrogens is 1. The summed E-state index contributed by atoms with van der Waals surface area (Å²) in [5.41, 5.74) is 2.98. The lowest BCUT2D eigenvalue weighted by molar-refractivity contribution is 0.393. The van der Waals surface area contributed by atoms with Gasteiger partial charge in [-0.05, 0) is 46.6 Å². The number of hydrogen-bond donors (Lipinski definition) is 1. The van der Waals surface area contributed by atoms with Crippen LogP contribution in [0.4, 0.5) is 5.69 Å². The third-order valence-corrected chi connectivity index (χ3v) is 3.82. The largest absolute Gasteiger partial charge is 0.481 e. The zero-order valence-corrected chi connectivity index (χ0v) is 13.0. The van der Waals surface area contributed by atoms with E-state index in [4.69, 9.17) is 16.3 Å². The third kappa shape index (κ3) is 3.39. The van der Waals surface area contributed by atoms with Crippen LogP contribution in [0.15, 0.2) is 34.9 Å². The first kappa shape index (κ1) is 14.2. The minimum absolute atomic E-state index is 0.620. The van der Waals surface area contributed by atoms with Crippen molar-refractivity contribution < 1.29 is 4.74 Å². The quantitative estimate of drug-likeness (QED) is 0.893. The molecule has 1 N–H and O–H groups in total. The van der Waals surface area contributed by atoms with E-state index in [0.717, 1.165) is 26.3 Å². The van der Waals surface area contributed by atoms with Gasteiger partial charge in [0.15, 0.2) is 0 Å². The minimum atomic E-state index is 0.620. The Balaban J connectivity index is 2.17. The predicted octanol–water partition coefficient (Wildman–Crippen LogP) is 4.43. The van der Waals surface area contributed by atoms with Crippen LogP contribution in [0.2, 0.25) is 5.02 Å². The maximum absolute atomic E-state index is 6.13. The lowest BCUT2D eigenvalue weighted by Crippen LogP contribution is -2.03. The van der Waals surface area contributed by atoms with Crippen LogP contribution in [0.1, 0.15) is 11.1 Å². The van der Waals surface area contributed by atoms with E-state index in [-0.39, 0.29) is 0 Å². The van der Waals surface area contributed by atoms with Crippen molar-refractivity contribution in [3.05, 3.63) is 51.1 Å². The van der Waals surface area contributed by atoms with Crippen molar-refractivity contribution in [2.75, 3.05) is 12.4 Å². The van der Waals surface area contributed by atoms with Crippen molar-refractivity contribution in [3.8, 4) is 5.88 Å². The van der Waals surface area contributed by atoms with Gasteiger partial charge in [-0.25, -0.2) is 4.98 Å². The molecule has 3 nitrogen and oxygen atoms in total. The Morgan fingerprint density at radius 3 is 2.95 bits per heavy atom. The second-order valence-corrected chi connectivity index (χ2v) is 5.37. The molecular weight excluding hydrogens is 328 g/mol. The maximum Gasteiger partial charge on any atom is 0.218 e. The van der Waals surface area contributed by atoms with Gasteiger partial charge in [-0.15, -0.1) is 0 Å². The van der Waals surface area contributed by atoms with Gasteiger partial charge in [0.05, 0.1) is 12.8 Å². The molecule has 0 radical (unpaired) electrons. The van der Waals surface area contributed by atoms with Crippen LogP contribution in [0, 0.1) is 6.92 Å². The molecule has 1 aromatic heterocycles. The zero-order valence-electron chi connectivity index (χ0n) is 10.7. The number of nitrogens with one attached hydrogen (secondary N) is 1. The minimum Gasteiger partial charge on any atom is -0.481 e. The first-order valence-electron chi connectivity index (χ1n) is 5.79. The van der Waals surface area contributed by atoms with E-state index < -0.39 is 0 Å². The number of aryl methyl sites for hydroxylation is 1. The number of anilines is 1. The molecule has 0 fully saturated rings. The molecule has 19 heavy (non-hydrogen) atoms. The summed E-state index contributed by atoms with van der Waals surface area (Å²) in [6.45, 7) is 2.59. The average Bonchev–Trinajstić information content (AvgIpc) is 2.41. The number of nitrogens with zero attached hydrogens (tertiary/aromatic N) is 1. The fourth-order valence-corrected chi connectivity index (χ4v) is 2.48. The Morgan fingerprint density at radius 2 is 2.21 bits per heavy atom. The molecule has 1 heterocycles. The molecule has 0 saturated heterocycles. The predicted molar refractivity (Wildman–Crippen MR) is 82.0 cm³/mol. The molecule has 0 aliphatic heterocycles. The smallest absolute Gasteiger partial charge is 0.218 e. The molecule has 1 aromatic carbocycles. The average molecular weight is 342 g/mol. The van der Waals surface area contributed by atoms with Crippen LogP contribution < -0.4 is 10.1 Å². The molecule has 5 heteroatoms. The fourth-order valence-electron chi connectivity index (χ4n) is 1.71. The normalized spacial score (nSPS) is 10.3. The van der Waals surface area contributed by atoms with E-state index in [9.17, 15) is 0 Å². The summed E-state index contributed by atoms with van der Waals surface area (Å²) in [5.74, 6) is 0.629. The Bertz CT molecular complexity index is 590. The highest BCUT2D eigenvalue weighted by atomic mass is 79.9. The van der Waals surface area contributed by atoms with Gasteiger partial charge in [0.1, 0.15) is 0 Å². The van der Waals surface area contributed by atoms with Gasteiger partial charge in [-0.3, -0.25) is 0 Å². The van der Waals surface area contributed by atoms with Crippen molar-refractivity contribution in [2.45, 2.75) is 13.5 Å². The van der Waals surface area contributed by atoms with Crippen molar-refractivity contribution in [1.82, 2.24) is 4.98 Å². The molecule has 2 aromatic rings. The van der Waals surface area contributed by atoms with Gasteiger partial charge in [0.2, 0.25) is 5.88 Å². The molecule has 0 amide bonds. The van der Waals surface area contributed by atoms with E-state index in [0.29, 0.717) is 12.4 Å². The number of halogens is 2. The monoisotopic (exact) mass is 340 g/mol. The summed E-state index contributed by atoms with van der Waals surface area (Å²) in [6.07, 6.45) is 1.71. The molecule has 0 aliphatic rings. The number of rotatable bonds is 4. The molecule has 100 valence electrons. The van der Waals surface area contributed by atoms with Gasteiger partial charge < -0.3 is 10.1 Å². The SMILES string of the molecule is COc1ncccc1CNc1cc(Cl)c(C)cc1Br. The van der Waals surface area contributed by atoms with Crippen LogP contribution in [0.5, 0.6) is 5.88 Å². The van der Waals surface area contributed by atoms with E-state index in [2.05, 4.69) is 26.2 Å². The first-order valence-corrected chi connectivity index (χ1v) is 6.96. The maximum atomic E-state index is 6.13. The molecular formula is C14H14BrClN2O. The first-order chi connectivity index (χ1) is 9.11. The standard InChI is InChI=1S/C14H14BrClN2O/c1-9-6-11(15)13(7-12(9)16)18-8-10-4-3-5-17-14(10)19-2/h3-7,18H,8H2,1-2H3. The summed E-state index contributed by atoms with van der Waals surface area (Å²) in [5, 5.41) is 4.06. The van der Waals surface area contributed by atoms with E-state index >= 15 is 0 Å². The Kier molecular flexibility index (Phi) is 4.66. The van der Waals surface area contributed by atoms with Crippen LogP contribution in [-0.2, 0) is 6.54 Å². The molecule has 2 rings (SSSR count). The molecule has 0 unspecified atom stereocenters. The number of hydrogen-bond acceptors (Lipinski definition) is 3. The van der Waals surface area contributed by atoms with Gasteiger partial charge in [0, 0.05) is 27.8 Å². The Morgan fingerprint density at radius 1 is 1.42 bits per heavy atom. The van der Waals surface area contributed by atoms with Gasteiger partial charge in [-0.1, -0.05) is 17.7 Å². The molecule has 0 saturated carbocycles. The molecule has 0 spiro atoms. The van der Waals surface area contributed by atoms with Gasteiger partial charge in [0.25, 0.3) is 0 Å². The fraction of sp³-hybridized carbons (Fsp3) is 0.214. The highest BCUT2D eigenvalue weighted by Crippen LogP contribution is 2.29. The van der Waals surface area contributed by atoms with Crippen molar-refractivity contribution in [3.63, 3.8) is 0 Å². The van der Waals surface area contributed by atoms with Gasteiger partial charge >= 0.3 is 0 Å². The van der Waals surface area contributed by atoms with Crippen molar-refractivity contribution in [2.24, 2.45) is 0 Å². The molecule has 0 bridgehead atoms. The van der Waals surface area contributed by atoms with Crippen molar-refractivity contribution >= 4 is 33.2 Å². The second kappa shape index (κ2) is 6.26. The number of benzene rings is 1. The van der Waals surface area contributed by atoms with Crippen molar-refractivity contribution in [1.29, 1.82) is 0 Å². The van der Waals surface area contributed by atoms with E-state index in [1.54, 1.807) is 13.3 Å². The number of methoxy groups -OCH3 is 1. The second-order valence-electron chi connectivity index (χ2n) is 4.11. The Labute approximate surface area is 126 Å². The number of ether oxygens (including phenoxy) is 1. The summed E-state index contributed by atoms with van der Waals surface area (Å²) in [4.78, 5) is 4.16. The van der Waals surface area contributed by atoms with Crippen LogP contribution in [0.3, 0.4) is 0 Å². The number of pyridine rings is 1. The lowest BCUT2D eigenvalue weighted by atomic mass is 10.2. The molecule has 0 atom stereocenters. The zero-order chi connectivity index (χ0) is 13.8. The van der Waals surface area contributed by atoms with E-state index in [1.807, 2.05) is 31.2 Å². The summed E-state index contributed by atoms with van der Waals surface area (Å²) >= 11 is 9.65. The van der Waals surface area contributed by atoms with Crippen LogP contribution in [0.25, 0.3) is 0 Å². The third-order valence-electron chi connectivity index (χ3n) is 2.76. The summed E-state index contributed by atoms with van der Waals surface area (Å²) in [6, 6.07) is 7.76. The Hall–Kier alpha value is -1.26. The highest BCUT2D eigenvalue weighted by Gasteiger charge is 2.06. The van der Waals surface area contributed by atoms with E-state index in [1.165, 1.54) is 0 Å². The summed E-state index contributed by atoms with van der Waals surface area (Å²) in [7, 11) is 1.62. The van der Waals surface area contributed by atoms with Gasteiger partial charge in [-0.2, -0.15) is 0 Å². The summed E-state index contributed by atoms with van der Waals surface area (Å²) < 4.78 is 6.20. The molecule has 0 aliphatic carbocycles.